The van der Waals surface area contributed by atoms with Gasteiger partial charge in [0.1, 0.15) is 11.6 Å². The van der Waals surface area contributed by atoms with E-state index in [9.17, 15) is 18.4 Å². The fourth-order valence-electron chi connectivity index (χ4n) is 12.3. The lowest BCUT2D eigenvalue weighted by molar-refractivity contribution is -0.283. The number of benzene rings is 4. The summed E-state index contributed by atoms with van der Waals surface area (Å²) < 4.78 is 26.2. The number of amides is 2. The Morgan fingerprint density at radius 3 is 1.11 bits per heavy atom. The first-order valence-corrected chi connectivity index (χ1v) is 20.3. The van der Waals surface area contributed by atoms with Gasteiger partial charge in [-0.05, 0) is 171 Å². The zero-order chi connectivity index (χ0) is 37.1. The molecule has 4 nitrogen and oxygen atoms in total. The first-order chi connectivity index (χ1) is 26.1. The van der Waals surface area contributed by atoms with Crippen LogP contribution in [0.1, 0.15) is 101 Å². The van der Waals surface area contributed by atoms with Crippen LogP contribution in [0.15, 0.2) is 109 Å². The third-order valence-corrected chi connectivity index (χ3v) is 15.4. The number of rotatable bonds is 12. The van der Waals surface area contributed by atoms with Gasteiger partial charge in [-0.25, -0.2) is 8.78 Å². The summed E-state index contributed by atoms with van der Waals surface area (Å²) in [6, 6.07) is 33.7. The lowest BCUT2D eigenvalue weighted by atomic mass is 9.25. The van der Waals surface area contributed by atoms with Crippen LogP contribution in [0, 0.1) is 44.1 Å². The quantitative estimate of drug-likeness (QED) is 0.153. The summed E-state index contributed by atoms with van der Waals surface area (Å²) in [5, 5.41) is 6.15. The molecule has 0 atom stereocenters. The Kier molecular flexibility index (Phi) is 8.63. The summed E-state index contributed by atoms with van der Waals surface area (Å²) in [6.07, 6.45) is 18.4. The van der Waals surface area contributed by atoms with Gasteiger partial charge in [0.2, 0.25) is 11.8 Å². The first-order valence-electron chi connectivity index (χ1n) is 20.3. The standard InChI is InChI=1S/2C24H26FNO/c2*25-19-7-9-20(10-8-19)26-21(27)24(12-4-13-24)23-15-22(16-23,17-23)14-11-18-5-2-1-3-6-18/h2*1-3,5-10H,4,11-17H2,(H,26,27). The van der Waals surface area contributed by atoms with Gasteiger partial charge < -0.3 is 10.6 Å². The topological polar surface area (TPSA) is 58.2 Å². The molecule has 8 saturated carbocycles. The van der Waals surface area contributed by atoms with Crippen molar-refractivity contribution in [3.63, 3.8) is 0 Å². The second-order valence-electron chi connectivity index (χ2n) is 18.4. The molecule has 0 aromatic heterocycles. The fourth-order valence-corrected chi connectivity index (χ4v) is 12.3. The van der Waals surface area contributed by atoms with Crippen LogP contribution in [0.25, 0.3) is 0 Å². The van der Waals surface area contributed by atoms with Crippen LogP contribution in [0.2, 0.25) is 0 Å². The van der Waals surface area contributed by atoms with Crippen LogP contribution >= 0.6 is 0 Å². The maximum atomic E-state index is 13.1. The predicted octanol–water partition coefficient (Wildman–Crippen LogP) is 11.5. The van der Waals surface area contributed by atoms with Gasteiger partial charge in [-0.2, -0.15) is 0 Å². The number of halogens is 2. The number of nitrogens with one attached hydrogen (secondary N) is 2. The number of anilines is 2. The van der Waals surface area contributed by atoms with E-state index in [0.717, 1.165) is 51.4 Å². The number of carbonyl (C=O) groups is 2. The molecular formula is C48H52F2N2O2. The number of hydrogen-bond donors (Lipinski definition) is 2. The number of hydrogen-bond acceptors (Lipinski definition) is 2. The van der Waals surface area contributed by atoms with E-state index < -0.39 is 0 Å². The Hall–Kier alpha value is -4.32. The molecular weight excluding hydrogens is 675 g/mol. The van der Waals surface area contributed by atoms with Gasteiger partial charge in [0, 0.05) is 11.4 Å². The lowest BCUT2D eigenvalue weighted by Gasteiger charge is -2.78. The summed E-state index contributed by atoms with van der Waals surface area (Å²) >= 11 is 0. The number of aryl methyl sites for hydroxylation is 2. The summed E-state index contributed by atoms with van der Waals surface area (Å²) in [6.45, 7) is 0. The van der Waals surface area contributed by atoms with Crippen molar-refractivity contribution >= 4 is 23.2 Å². The Labute approximate surface area is 318 Å². The fraction of sp³-hybridized carbons (Fsp3) is 0.458. The molecule has 8 aliphatic rings. The highest BCUT2D eigenvalue weighted by atomic mass is 19.1. The Balaban J connectivity index is 0.000000142. The zero-order valence-corrected chi connectivity index (χ0v) is 31.3. The predicted molar refractivity (Wildman–Crippen MR) is 210 cm³/mol. The normalized spacial score (nSPS) is 29.8. The number of carbonyl (C=O) groups excluding carboxylic acids is 2. The molecule has 8 fully saturated rings. The SMILES string of the molecule is O=C(Nc1ccc(F)cc1)C1(C23CC(CCc4ccccc4)(C2)C3)CCC1.O=C(Nc1ccc(F)cc1)C1(C23CC(CCc4ccccc4)(C2)C3)CCC1. The van der Waals surface area contributed by atoms with Gasteiger partial charge in [0.25, 0.3) is 0 Å². The molecule has 2 N–H and O–H groups in total. The monoisotopic (exact) mass is 726 g/mol. The minimum absolute atomic E-state index is 0.164. The van der Waals surface area contributed by atoms with E-state index in [2.05, 4.69) is 71.3 Å². The van der Waals surface area contributed by atoms with Crippen LogP contribution in [-0.2, 0) is 22.4 Å². The average Bonchev–Trinajstić information content (AvgIpc) is 3.07. The molecule has 4 bridgehead atoms. The highest BCUT2D eigenvalue weighted by molar-refractivity contribution is 5.97. The van der Waals surface area contributed by atoms with Gasteiger partial charge in [0.05, 0.1) is 10.8 Å². The molecule has 6 heteroatoms. The molecule has 0 heterocycles. The zero-order valence-electron chi connectivity index (χ0n) is 31.3. The van der Waals surface area contributed by atoms with Crippen LogP contribution in [-0.4, -0.2) is 11.8 Å². The van der Waals surface area contributed by atoms with E-state index in [-0.39, 0.29) is 45.1 Å². The maximum Gasteiger partial charge on any atom is 0.231 e. The Morgan fingerprint density at radius 2 is 0.815 bits per heavy atom. The summed E-state index contributed by atoms with van der Waals surface area (Å²) in [5.74, 6) is -0.217. The third-order valence-electron chi connectivity index (χ3n) is 15.4. The molecule has 280 valence electrons. The van der Waals surface area contributed by atoms with Gasteiger partial charge >= 0.3 is 0 Å². The van der Waals surface area contributed by atoms with Crippen molar-refractivity contribution in [1.82, 2.24) is 0 Å². The van der Waals surface area contributed by atoms with Gasteiger partial charge in [-0.3, -0.25) is 9.59 Å². The van der Waals surface area contributed by atoms with Crippen molar-refractivity contribution in [1.29, 1.82) is 0 Å². The van der Waals surface area contributed by atoms with Crippen LogP contribution < -0.4 is 10.6 Å². The molecule has 8 aliphatic carbocycles. The van der Waals surface area contributed by atoms with Crippen molar-refractivity contribution in [2.45, 2.75) is 103 Å². The lowest BCUT2D eigenvalue weighted by Crippen LogP contribution is -2.72. The summed E-state index contributed by atoms with van der Waals surface area (Å²) in [4.78, 5) is 26.3. The average molecular weight is 727 g/mol. The first kappa shape index (κ1) is 35.4. The van der Waals surface area contributed by atoms with Crippen molar-refractivity contribution in [3.05, 3.63) is 132 Å². The minimum atomic E-state index is -0.272. The van der Waals surface area contributed by atoms with Crippen LogP contribution in [0.3, 0.4) is 0 Å². The minimum Gasteiger partial charge on any atom is -0.326 e. The van der Waals surface area contributed by atoms with E-state index in [0.29, 0.717) is 22.2 Å². The maximum absolute atomic E-state index is 13.1. The van der Waals surface area contributed by atoms with E-state index in [1.54, 1.807) is 24.3 Å². The smallest absolute Gasteiger partial charge is 0.231 e. The molecule has 0 radical (unpaired) electrons. The molecule has 54 heavy (non-hydrogen) atoms. The second kappa shape index (κ2) is 13.2. The van der Waals surface area contributed by atoms with Gasteiger partial charge in [-0.15, -0.1) is 0 Å². The molecule has 2 amide bonds. The second-order valence-corrected chi connectivity index (χ2v) is 18.4. The van der Waals surface area contributed by atoms with Crippen molar-refractivity contribution in [3.8, 4) is 0 Å². The molecule has 0 spiro atoms. The molecule has 0 saturated heterocycles. The molecule has 0 unspecified atom stereocenters. The molecule has 0 aliphatic heterocycles. The van der Waals surface area contributed by atoms with Crippen molar-refractivity contribution in [2.75, 3.05) is 10.6 Å². The van der Waals surface area contributed by atoms with Crippen LogP contribution in [0.4, 0.5) is 20.2 Å². The highest BCUT2D eigenvalue weighted by Gasteiger charge is 2.78. The van der Waals surface area contributed by atoms with E-state index in [1.165, 1.54) is 86.8 Å². The van der Waals surface area contributed by atoms with Gasteiger partial charge in [0.15, 0.2) is 0 Å². The largest absolute Gasteiger partial charge is 0.326 e. The van der Waals surface area contributed by atoms with Crippen molar-refractivity contribution < 1.29 is 18.4 Å². The third kappa shape index (κ3) is 5.81. The van der Waals surface area contributed by atoms with E-state index in [1.807, 2.05) is 0 Å². The van der Waals surface area contributed by atoms with Gasteiger partial charge in [-0.1, -0.05) is 73.5 Å². The molecule has 4 aromatic carbocycles. The van der Waals surface area contributed by atoms with E-state index in [4.69, 9.17) is 0 Å². The van der Waals surface area contributed by atoms with E-state index >= 15 is 0 Å². The molecule has 4 aromatic rings. The van der Waals surface area contributed by atoms with Crippen LogP contribution in [0.5, 0.6) is 0 Å². The Morgan fingerprint density at radius 1 is 0.481 bits per heavy atom. The Bertz CT molecular complexity index is 1810. The summed E-state index contributed by atoms with van der Waals surface area (Å²) in [5.41, 5.74) is 5.30. The highest BCUT2D eigenvalue weighted by Crippen LogP contribution is 2.84. The molecule has 12 rings (SSSR count). The summed E-state index contributed by atoms with van der Waals surface area (Å²) in [7, 11) is 0. The van der Waals surface area contributed by atoms with Crippen molar-refractivity contribution in [2.24, 2.45) is 32.5 Å².